The van der Waals surface area contributed by atoms with Crippen LogP contribution in [0.5, 0.6) is 0 Å². The zero-order valence-corrected chi connectivity index (χ0v) is 43.7. The number of unbranched alkanes of at least 4 members (excludes halogenated alkanes) is 37. The van der Waals surface area contributed by atoms with Crippen molar-refractivity contribution in [1.29, 1.82) is 0 Å². The van der Waals surface area contributed by atoms with Gasteiger partial charge in [0.2, 0.25) is 0 Å². The van der Waals surface area contributed by atoms with Crippen LogP contribution in [0.15, 0.2) is 12.2 Å². The van der Waals surface area contributed by atoms with Gasteiger partial charge in [0.05, 0.1) is 13.2 Å². The van der Waals surface area contributed by atoms with Crippen molar-refractivity contribution in [3.63, 3.8) is 0 Å². The third-order valence-corrected chi connectivity index (χ3v) is 13.5. The molecule has 0 aliphatic heterocycles. The number of hydrogen-bond donors (Lipinski definition) is 3. The van der Waals surface area contributed by atoms with Crippen molar-refractivity contribution >= 4 is 25.7 Å². The average Bonchev–Trinajstić information content (AvgIpc) is 3.30. The summed E-state index contributed by atoms with van der Waals surface area (Å²) in [6.07, 6.45) is 54.2. The van der Waals surface area contributed by atoms with Gasteiger partial charge in [-0.1, -0.05) is 244 Å². The molecule has 0 rings (SSSR count). The number of aliphatic carboxylic acids is 1. The molecule has 0 saturated heterocycles. The van der Waals surface area contributed by atoms with Crippen LogP contribution in [0.25, 0.3) is 0 Å². The molecule has 12 heteroatoms. The number of phosphoric ester groups is 1. The van der Waals surface area contributed by atoms with E-state index in [4.69, 9.17) is 29.4 Å². The number of rotatable bonds is 53. The molecule has 0 spiro atoms. The Balaban J connectivity index is 4.16. The van der Waals surface area contributed by atoms with Crippen molar-refractivity contribution in [2.24, 2.45) is 5.73 Å². The van der Waals surface area contributed by atoms with Crippen molar-refractivity contribution in [2.45, 2.75) is 296 Å². The standard InChI is InChI=1S/C54H104NO10P/c1-3-5-7-9-11-13-15-17-19-21-23-25-27-29-31-33-35-37-39-41-43-45-52(56)62-47-50(48-63-66(60,61)64-49-51(55)54(58)59)65-53(57)46-44-42-40-38-36-34-32-30-28-26-24-22-20-18-16-14-12-10-8-6-4-2/h22,24,50-51H,3-21,23,25-49,55H2,1-2H3,(H,58,59)(H,60,61)/b24-22-. The molecule has 0 aromatic rings. The predicted octanol–water partition coefficient (Wildman–Crippen LogP) is 16.0. The van der Waals surface area contributed by atoms with Crippen molar-refractivity contribution in [3.05, 3.63) is 12.2 Å². The van der Waals surface area contributed by atoms with E-state index in [1.54, 1.807) is 0 Å². The Bertz CT molecular complexity index is 1170. The first kappa shape index (κ1) is 64.2. The van der Waals surface area contributed by atoms with Crippen LogP contribution in [0, 0.1) is 0 Å². The van der Waals surface area contributed by atoms with E-state index in [0.717, 1.165) is 38.5 Å². The number of carbonyl (C=O) groups is 3. The predicted molar refractivity (Wildman–Crippen MR) is 273 cm³/mol. The number of carboxylic acids is 1. The number of esters is 2. The van der Waals surface area contributed by atoms with Gasteiger partial charge in [0, 0.05) is 12.8 Å². The molecule has 66 heavy (non-hydrogen) atoms. The second-order valence-electron chi connectivity index (χ2n) is 19.1. The fourth-order valence-corrected chi connectivity index (χ4v) is 8.96. The van der Waals surface area contributed by atoms with E-state index in [9.17, 15) is 23.8 Å². The monoisotopic (exact) mass is 958 g/mol. The van der Waals surface area contributed by atoms with E-state index in [0.29, 0.717) is 12.8 Å². The molecule has 0 radical (unpaired) electrons. The van der Waals surface area contributed by atoms with Crippen LogP contribution in [0.2, 0.25) is 0 Å². The first-order valence-electron chi connectivity index (χ1n) is 27.7. The molecule has 11 nitrogen and oxygen atoms in total. The number of nitrogens with two attached hydrogens (primary N) is 1. The lowest BCUT2D eigenvalue weighted by Crippen LogP contribution is -2.34. The van der Waals surface area contributed by atoms with E-state index in [-0.39, 0.29) is 19.4 Å². The Hall–Kier alpha value is -1.78. The lowest BCUT2D eigenvalue weighted by atomic mass is 10.0. The highest BCUT2D eigenvalue weighted by Gasteiger charge is 2.28. The summed E-state index contributed by atoms with van der Waals surface area (Å²) in [5.41, 5.74) is 5.36. The topological polar surface area (TPSA) is 172 Å². The van der Waals surface area contributed by atoms with Crippen LogP contribution in [0.4, 0.5) is 0 Å². The zero-order valence-electron chi connectivity index (χ0n) is 42.8. The highest BCUT2D eigenvalue weighted by Crippen LogP contribution is 2.43. The summed E-state index contributed by atoms with van der Waals surface area (Å²) in [5.74, 6) is -2.36. The Morgan fingerprint density at radius 3 is 1.11 bits per heavy atom. The lowest BCUT2D eigenvalue weighted by molar-refractivity contribution is -0.161. The lowest BCUT2D eigenvalue weighted by Gasteiger charge is -2.20. The molecule has 0 aliphatic carbocycles. The summed E-state index contributed by atoms with van der Waals surface area (Å²) in [6.45, 7) is 2.87. The molecule has 0 aliphatic rings. The number of carboxylic acid groups (broad SMARTS) is 1. The normalized spacial score (nSPS) is 13.5. The molecule has 3 unspecified atom stereocenters. The van der Waals surface area contributed by atoms with E-state index in [1.807, 2.05) is 0 Å². The third-order valence-electron chi connectivity index (χ3n) is 12.5. The fourth-order valence-electron chi connectivity index (χ4n) is 8.18. The molecule has 0 bridgehead atoms. The number of allylic oxidation sites excluding steroid dienone is 2. The summed E-state index contributed by atoms with van der Waals surface area (Å²) in [4.78, 5) is 46.3. The highest BCUT2D eigenvalue weighted by atomic mass is 31.2. The van der Waals surface area contributed by atoms with Gasteiger partial charge in [0.1, 0.15) is 12.6 Å². The minimum absolute atomic E-state index is 0.164. The number of phosphoric acid groups is 1. The quantitative estimate of drug-likeness (QED) is 0.0229. The zero-order chi connectivity index (χ0) is 48.4. The van der Waals surface area contributed by atoms with Gasteiger partial charge < -0.3 is 25.2 Å². The molecule has 0 aromatic carbocycles. The van der Waals surface area contributed by atoms with Gasteiger partial charge in [-0.05, 0) is 38.5 Å². The van der Waals surface area contributed by atoms with Crippen LogP contribution in [0.1, 0.15) is 284 Å². The van der Waals surface area contributed by atoms with Crippen molar-refractivity contribution in [1.82, 2.24) is 0 Å². The Morgan fingerprint density at radius 2 is 0.758 bits per heavy atom. The first-order valence-corrected chi connectivity index (χ1v) is 29.2. The Labute approximate surface area is 405 Å². The van der Waals surface area contributed by atoms with Gasteiger partial charge in [-0.2, -0.15) is 0 Å². The maximum Gasteiger partial charge on any atom is 0.472 e. The van der Waals surface area contributed by atoms with Crippen LogP contribution in [0.3, 0.4) is 0 Å². The van der Waals surface area contributed by atoms with E-state index in [2.05, 4.69) is 26.0 Å². The first-order chi connectivity index (χ1) is 32.1. The SMILES string of the molecule is CCCCCCCCCC/C=C\CCCCCCCCCCCC(=O)OC(COC(=O)CCCCCCCCCCCCCCCCCCCCCCC)COP(=O)(O)OCC(N)C(=O)O. The maximum absolute atomic E-state index is 12.7. The minimum atomic E-state index is -4.72. The molecule has 0 aromatic heterocycles. The van der Waals surface area contributed by atoms with Gasteiger partial charge in [-0.3, -0.25) is 23.4 Å². The van der Waals surface area contributed by atoms with Gasteiger partial charge in [-0.15, -0.1) is 0 Å². The summed E-state index contributed by atoms with van der Waals surface area (Å²) in [6, 6.07) is -1.52. The van der Waals surface area contributed by atoms with Gasteiger partial charge >= 0.3 is 25.7 Å². The number of carbonyl (C=O) groups excluding carboxylic acids is 2. The van der Waals surface area contributed by atoms with Crippen molar-refractivity contribution in [2.75, 3.05) is 19.8 Å². The number of hydrogen-bond acceptors (Lipinski definition) is 9. The summed E-state index contributed by atoms with van der Waals surface area (Å²) >= 11 is 0. The van der Waals surface area contributed by atoms with Crippen molar-refractivity contribution in [3.8, 4) is 0 Å². The molecule has 4 N–H and O–H groups in total. The maximum atomic E-state index is 12.7. The summed E-state index contributed by atoms with van der Waals surface area (Å²) < 4.78 is 32.9. The van der Waals surface area contributed by atoms with Crippen LogP contribution < -0.4 is 5.73 Å². The van der Waals surface area contributed by atoms with E-state index < -0.39 is 51.1 Å². The Kier molecular flexibility index (Phi) is 48.3. The van der Waals surface area contributed by atoms with Crippen molar-refractivity contribution < 1.29 is 47.5 Å². The van der Waals surface area contributed by atoms with Gasteiger partial charge in [-0.25, -0.2) is 4.57 Å². The van der Waals surface area contributed by atoms with Crippen LogP contribution in [-0.2, 0) is 37.5 Å². The average molecular weight is 958 g/mol. The van der Waals surface area contributed by atoms with E-state index in [1.165, 1.54) is 205 Å². The fraction of sp³-hybridized carbons (Fsp3) is 0.907. The molecule has 0 heterocycles. The smallest absolute Gasteiger partial charge is 0.472 e. The second kappa shape index (κ2) is 49.6. The van der Waals surface area contributed by atoms with E-state index >= 15 is 0 Å². The van der Waals surface area contributed by atoms with Crippen LogP contribution in [-0.4, -0.2) is 59.9 Å². The molecule has 0 amide bonds. The second-order valence-corrected chi connectivity index (χ2v) is 20.5. The number of ether oxygens (including phenoxy) is 2. The Morgan fingerprint density at radius 1 is 0.455 bits per heavy atom. The molecule has 3 atom stereocenters. The molecule has 0 fully saturated rings. The van der Waals surface area contributed by atoms with Gasteiger partial charge in [0.15, 0.2) is 6.10 Å². The molecular weight excluding hydrogens is 854 g/mol. The third kappa shape index (κ3) is 48.7. The molecular formula is C54H104NO10P. The summed E-state index contributed by atoms with van der Waals surface area (Å²) in [5, 5.41) is 8.93. The summed E-state index contributed by atoms with van der Waals surface area (Å²) in [7, 11) is -4.72. The molecule has 0 saturated carbocycles. The minimum Gasteiger partial charge on any atom is -0.480 e. The largest absolute Gasteiger partial charge is 0.480 e. The van der Waals surface area contributed by atoms with Gasteiger partial charge in [0.25, 0.3) is 0 Å². The van der Waals surface area contributed by atoms with Crippen LogP contribution >= 0.6 is 7.82 Å². The molecule has 390 valence electrons. The highest BCUT2D eigenvalue weighted by molar-refractivity contribution is 7.47.